The molecule has 7 nitrogen and oxygen atoms in total. The summed E-state index contributed by atoms with van der Waals surface area (Å²) in [6.45, 7) is 7.08. The number of hydrogen-bond donors (Lipinski definition) is 1. The van der Waals surface area contributed by atoms with Crippen LogP contribution in [0, 0.1) is 13.8 Å². The molecule has 0 spiro atoms. The standard InChI is InChI=1S/C29H33N3O4/c1-20-14-15-21(2)27(18-20)36-19-28(33)30-22(3)29-31-23-10-5-6-11-24(23)32(29)16-9-17-35-26-13-8-7-12-25(26)34-4/h5-8,10-15,18,22H,9,16-17,19H2,1-4H3,(H,30,33). The van der Waals surface area contributed by atoms with Crippen LogP contribution in [-0.4, -0.2) is 35.8 Å². The molecule has 0 bridgehead atoms. The van der Waals surface area contributed by atoms with Crippen LogP contribution < -0.4 is 19.5 Å². The van der Waals surface area contributed by atoms with E-state index in [1.165, 1.54) is 0 Å². The largest absolute Gasteiger partial charge is 0.493 e. The number of methoxy groups -OCH3 is 1. The van der Waals surface area contributed by atoms with Crippen LogP contribution in [-0.2, 0) is 11.3 Å². The number of carbonyl (C=O) groups excluding carboxylic acids is 1. The van der Waals surface area contributed by atoms with Crippen LogP contribution in [0.3, 0.4) is 0 Å². The molecule has 4 aromatic rings. The van der Waals surface area contributed by atoms with Crippen molar-refractivity contribution in [2.45, 2.75) is 39.8 Å². The molecule has 36 heavy (non-hydrogen) atoms. The van der Waals surface area contributed by atoms with E-state index in [0.717, 1.165) is 45.9 Å². The van der Waals surface area contributed by atoms with Gasteiger partial charge in [0.15, 0.2) is 18.1 Å². The summed E-state index contributed by atoms with van der Waals surface area (Å²) in [5, 5.41) is 3.04. The van der Waals surface area contributed by atoms with E-state index in [2.05, 4.69) is 9.88 Å². The minimum absolute atomic E-state index is 0.0540. The van der Waals surface area contributed by atoms with E-state index in [0.29, 0.717) is 18.9 Å². The first kappa shape index (κ1) is 25.1. The van der Waals surface area contributed by atoms with E-state index in [1.54, 1.807) is 7.11 Å². The smallest absolute Gasteiger partial charge is 0.258 e. The Balaban J connectivity index is 1.41. The molecule has 1 aromatic heterocycles. The predicted molar refractivity (Wildman–Crippen MR) is 141 cm³/mol. The summed E-state index contributed by atoms with van der Waals surface area (Å²) in [6, 6.07) is 21.3. The van der Waals surface area contributed by atoms with Crippen molar-refractivity contribution < 1.29 is 19.0 Å². The van der Waals surface area contributed by atoms with Gasteiger partial charge >= 0.3 is 0 Å². The Hall–Kier alpha value is -4.00. The molecule has 1 N–H and O–H groups in total. The minimum Gasteiger partial charge on any atom is -0.493 e. The summed E-state index contributed by atoms with van der Waals surface area (Å²) in [7, 11) is 1.63. The van der Waals surface area contributed by atoms with Crippen LogP contribution in [0.25, 0.3) is 11.0 Å². The van der Waals surface area contributed by atoms with Crippen LogP contribution in [0.4, 0.5) is 0 Å². The Labute approximate surface area is 212 Å². The van der Waals surface area contributed by atoms with Gasteiger partial charge in [0.2, 0.25) is 0 Å². The fourth-order valence-corrected chi connectivity index (χ4v) is 4.16. The molecule has 0 aliphatic heterocycles. The zero-order chi connectivity index (χ0) is 25.5. The first-order chi connectivity index (χ1) is 17.5. The number of aryl methyl sites for hydroxylation is 3. The maximum Gasteiger partial charge on any atom is 0.258 e. The molecular weight excluding hydrogens is 454 g/mol. The summed E-state index contributed by atoms with van der Waals surface area (Å²) in [4.78, 5) is 17.5. The molecule has 7 heteroatoms. The monoisotopic (exact) mass is 487 g/mol. The number of imidazole rings is 1. The number of nitrogens with one attached hydrogen (secondary N) is 1. The van der Waals surface area contributed by atoms with Crippen LogP contribution in [0.1, 0.15) is 36.3 Å². The minimum atomic E-state index is -0.290. The Kier molecular flexibility index (Phi) is 8.10. The molecule has 1 heterocycles. The van der Waals surface area contributed by atoms with E-state index >= 15 is 0 Å². The van der Waals surface area contributed by atoms with Gasteiger partial charge in [-0.15, -0.1) is 0 Å². The SMILES string of the molecule is COc1ccccc1OCCCn1c(C(C)NC(=O)COc2cc(C)ccc2C)nc2ccccc21. The number of fused-ring (bicyclic) bond motifs is 1. The third-order valence-electron chi connectivity index (χ3n) is 6.00. The van der Waals surface area contributed by atoms with Crippen molar-refractivity contribution in [1.82, 2.24) is 14.9 Å². The fourth-order valence-electron chi connectivity index (χ4n) is 4.16. The molecule has 3 aromatic carbocycles. The van der Waals surface area contributed by atoms with E-state index in [-0.39, 0.29) is 18.6 Å². The number of ether oxygens (including phenoxy) is 3. The predicted octanol–water partition coefficient (Wildman–Crippen LogP) is 5.39. The normalized spacial score (nSPS) is 11.8. The van der Waals surface area contributed by atoms with Gasteiger partial charge in [-0.2, -0.15) is 0 Å². The van der Waals surface area contributed by atoms with Gasteiger partial charge in [-0.05, 0) is 68.7 Å². The van der Waals surface area contributed by atoms with Crippen molar-refractivity contribution in [3.8, 4) is 17.2 Å². The third-order valence-corrected chi connectivity index (χ3v) is 6.00. The quantitative estimate of drug-likeness (QED) is 0.287. The highest BCUT2D eigenvalue weighted by molar-refractivity contribution is 5.79. The van der Waals surface area contributed by atoms with Crippen LogP contribution >= 0.6 is 0 Å². The first-order valence-electron chi connectivity index (χ1n) is 12.2. The number of carbonyl (C=O) groups is 1. The number of benzene rings is 3. The van der Waals surface area contributed by atoms with Gasteiger partial charge in [-0.3, -0.25) is 4.79 Å². The van der Waals surface area contributed by atoms with Crippen LogP contribution in [0.5, 0.6) is 17.2 Å². The van der Waals surface area contributed by atoms with Crippen molar-refractivity contribution in [3.63, 3.8) is 0 Å². The summed E-state index contributed by atoms with van der Waals surface area (Å²) >= 11 is 0. The summed E-state index contributed by atoms with van der Waals surface area (Å²) in [6.07, 6.45) is 0.766. The molecule has 188 valence electrons. The van der Waals surface area contributed by atoms with Gasteiger partial charge in [0.1, 0.15) is 11.6 Å². The Morgan fingerprint density at radius 3 is 2.53 bits per heavy atom. The van der Waals surface area contributed by atoms with Crippen molar-refractivity contribution in [2.75, 3.05) is 20.3 Å². The van der Waals surface area contributed by atoms with Gasteiger partial charge in [0.25, 0.3) is 5.91 Å². The van der Waals surface area contributed by atoms with Crippen LogP contribution in [0.15, 0.2) is 66.7 Å². The Bertz CT molecular complexity index is 1330. The summed E-state index contributed by atoms with van der Waals surface area (Å²) in [5.74, 6) is 2.76. The number of para-hydroxylation sites is 4. The van der Waals surface area contributed by atoms with Crippen molar-refractivity contribution in [1.29, 1.82) is 0 Å². The lowest BCUT2D eigenvalue weighted by Gasteiger charge is -2.17. The van der Waals surface area contributed by atoms with E-state index in [4.69, 9.17) is 19.2 Å². The molecular formula is C29H33N3O4. The van der Waals surface area contributed by atoms with E-state index in [9.17, 15) is 4.79 Å². The summed E-state index contributed by atoms with van der Waals surface area (Å²) < 4.78 is 19.2. The van der Waals surface area contributed by atoms with Crippen molar-refractivity contribution in [3.05, 3.63) is 83.7 Å². The lowest BCUT2D eigenvalue weighted by Crippen LogP contribution is -2.32. The average Bonchev–Trinajstić information content (AvgIpc) is 3.26. The van der Waals surface area contributed by atoms with Crippen LogP contribution in [0.2, 0.25) is 0 Å². The van der Waals surface area contributed by atoms with E-state index in [1.807, 2.05) is 87.5 Å². The average molecular weight is 488 g/mol. The lowest BCUT2D eigenvalue weighted by atomic mass is 10.1. The number of aromatic nitrogens is 2. The number of nitrogens with zero attached hydrogens (tertiary/aromatic N) is 2. The summed E-state index contributed by atoms with van der Waals surface area (Å²) in [5.41, 5.74) is 4.01. The van der Waals surface area contributed by atoms with Crippen molar-refractivity contribution in [2.24, 2.45) is 0 Å². The Morgan fingerprint density at radius 1 is 0.972 bits per heavy atom. The molecule has 0 radical (unpaired) electrons. The molecule has 0 saturated heterocycles. The van der Waals surface area contributed by atoms with E-state index < -0.39 is 0 Å². The fraction of sp³-hybridized carbons (Fsp3) is 0.310. The zero-order valence-corrected chi connectivity index (χ0v) is 21.3. The van der Waals surface area contributed by atoms with Gasteiger partial charge in [0.05, 0.1) is 30.8 Å². The zero-order valence-electron chi connectivity index (χ0n) is 21.3. The molecule has 0 fully saturated rings. The highest BCUT2D eigenvalue weighted by atomic mass is 16.5. The molecule has 1 atom stereocenters. The molecule has 0 aliphatic rings. The van der Waals surface area contributed by atoms with Gasteiger partial charge < -0.3 is 24.1 Å². The Morgan fingerprint density at radius 2 is 1.72 bits per heavy atom. The highest BCUT2D eigenvalue weighted by Gasteiger charge is 2.19. The number of rotatable bonds is 11. The maximum atomic E-state index is 12.7. The van der Waals surface area contributed by atoms with Gasteiger partial charge in [0, 0.05) is 6.54 Å². The lowest BCUT2D eigenvalue weighted by molar-refractivity contribution is -0.123. The van der Waals surface area contributed by atoms with Gasteiger partial charge in [-0.25, -0.2) is 4.98 Å². The molecule has 0 saturated carbocycles. The van der Waals surface area contributed by atoms with Crippen molar-refractivity contribution >= 4 is 16.9 Å². The molecule has 1 amide bonds. The molecule has 4 rings (SSSR count). The number of amides is 1. The highest BCUT2D eigenvalue weighted by Crippen LogP contribution is 2.26. The molecule has 0 aliphatic carbocycles. The maximum absolute atomic E-state index is 12.7. The molecule has 1 unspecified atom stereocenters. The number of hydrogen-bond acceptors (Lipinski definition) is 5. The second-order valence-electron chi connectivity index (χ2n) is 8.81. The second-order valence-corrected chi connectivity index (χ2v) is 8.81. The first-order valence-corrected chi connectivity index (χ1v) is 12.2. The topological polar surface area (TPSA) is 74.6 Å². The third kappa shape index (κ3) is 5.97. The van der Waals surface area contributed by atoms with Gasteiger partial charge in [-0.1, -0.05) is 36.4 Å². The second kappa shape index (κ2) is 11.6.